The number of aryl methyl sites for hydroxylation is 2. The van der Waals surface area contributed by atoms with E-state index in [1.54, 1.807) is 0 Å². The molecule has 1 amide bonds. The first-order valence-corrected chi connectivity index (χ1v) is 6.88. The molecule has 1 aliphatic carbocycles. The normalized spacial score (nSPS) is 13.4. The lowest BCUT2D eigenvalue weighted by Gasteiger charge is -2.16. The van der Waals surface area contributed by atoms with Gasteiger partial charge in [0.1, 0.15) is 5.75 Å². The van der Waals surface area contributed by atoms with Gasteiger partial charge in [0.25, 0.3) is 5.91 Å². The highest BCUT2D eigenvalue weighted by molar-refractivity contribution is 5.78. The molecule has 0 fully saturated rings. The Labute approximate surface area is 117 Å². The minimum atomic E-state index is -0.930. The number of carboxylic acid groups (broad SMARTS) is 1. The predicted molar refractivity (Wildman–Crippen MR) is 73.8 cm³/mol. The molecule has 0 radical (unpaired) electrons. The molecule has 0 unspecified atom stereocenters. The highest BCUT2D eigenvalue weighted by Crippen LogP contribution is 2.25. The fourth-order valence-electron chi connectivity index (χ4n) is 2.31. The number of nitrogens with one attached hydrogen (secondary N) is 1. The first-order chi connectivity index (χ1) is 9.65. The van der Waals surface area contributed by atoms with Crippen molar-refractivity contribution in [3.05, 3.63) is 29.3 Å². The number of fused-ring (bicyclic) bond motifs is 1. The van der Waals surface area contributed by atoms with Crippen LogP contribution in [-0.4, -0.2) is 30.1 Å². The van der Waals surface area contributed by atoms with Crippen LogP contribution in [0.25, 0.3) is 0 Å². The Morgan fingerprint density at radius 3 is 2.70 bits per heavy atom. The monoisotopic (exact) mass is 277 g/mol. The summed E-state index contributed by atoms with van der Waals surface area (Å²) in [5, 5.41) is 11.0. The number of benzene rings is 1. The van der Waals surface area contributed by atoms with Gasteiger partial charge in [-0.25, -0.2) is 0 Å². The number of amides is 1. The minimum absolute atomic E-state index is 0.0788. The maximum atomic E-state index is 11.5. The summed E-state index contributed by atoms with van der Waals surface area (Å²) in [7, 11) is 0. The van der Waals surface area contributed by atoms with Gasteiger partial charge in [-0.1, -0.05) is 6.07 Å². The van der Waals surface area contributed by atoms with Crippen molar-refractivity contribution in [3.8, 4) is 5.75 Å². The maximum absolute atomic E-state index is 11.5. The third-order valence-corrected chi connectivity index (χ3v) is 3.35. The summed E-state index contributed by atoms with van der Waals surface area (Å²) in [5.41, 5.74) is 2.68. The van der Waals surface area contributed by atoms with Crippen molar-refractivity contribution in [1.82, 2.24) is 5.32 Å². The lowest BCUT2D eigenvalue weighted by Crippen LogP contribution is -2.30. The number of carboxylic acids is 1. The summed E-state index contributed by atoms with van der Waals surface area (Å²) >= 11 is 0. The summed E-state index contributed by atoms with van der Waals surface area (Å²) in [5.74, 6) is -0.538. The molecule has 0 aliphatic heterocycles. The first-order valence-electron chi connectivity index (χ1n) is 6.88. The zero-order valence-corrected chi connectivity index (χ0v) is 11.4. The SMILES string of the molecule is O=C(O)CCNC(=O)COc1ccc2c(c1)CCCC2. The van der Waals surface area contributed by atoms with Crippen LogP contribution in [0.1, 0.15) is 30.4 Å². The molecule has 1 aromatic rings. The van der Waals surface area contributed by atoms with Crippen molar-refractivity contribution >= 4 is 11.9 Å². The van der Waals surface area contributed by atoms with Gasteiger partial charge < -0.3 is 15.2 Å². The minimum Gasteiger partial charge on any atom is -0.484 e. The molecule has 2 N–H and O–H groups in total. The smallest absolute Gasteiger partial charge is 0.305 e. The van der Waals surface area contributed by atoms with Crippen LogP contribution in [0, 0.1) is 0 Å². The van der Waals surface area contributed by atoms with Crippen LogP contribution in [0.4, 0.5) is 0 Å². The van der Waals surface area contributed by atoms with Crippen LogP contribution in [0.15, 0.2) is 18.2 Å². The molecule has 0 heterocycles. The molecule has 5 nitrogen and oxygen atoms in total. The Bertz CT molecular complexity index is 499. The average molecular weight is 277 g/mol. The van der Waals surface area contributed by atoms with Gasteiger partial charge in [0.15, 0.2) is 6.61 Å². The van der Waals surface area contributed by atoms with Crippen molar-refractivity contribution in [2.24, 2.45) is 0 Å². The van der Waals surface area contributed by atoms with E-state index < -0.39 is 5.97 Å². The maximum Gasteiger partial charge on any atom is 0.305 e. The quantitative estimate of drug-likeness (QED) is 0.827. The zero-order valence-electron chi connectivity index (χ0n) is 11.4. The summed E-state index contributed by atoms with van der Waals surface area (Å²) in [4.78, 5) is 21.8. The topological polar surface area (TPSA) is 75.6 Å². The van der Waals surface area contributed by atoms with Crippen molar-refractivity contribution < 1.29 is 19.4 Å². The van der Waals surface area contributed by atoms with E-state index in [0.29, 0.717) is 5.75 Å². The fourth-order valence-corrected chi connectivity index (χ4v) is 2.31. The van der Waals surface area contributed by atoms with Crippen molar-refractivity contribution in [3.63, 3.8) is 0 Å². The molecule has 1 aliphatic rings. The van der Waals surface area contributed by atoms with Crippen LogP contribution in [0.3, 0.4) is 0 Å². The first kappa shape index (κ1) is 14.4. The molecule has 0 saturated heterocycles. The van der Waals surface area contributed by atoms with E-state index in [9.17, 15) is 9.59 Å². The zero-order chi connectivity index (χ0) is 14.4. The second-order valence-corrected chi connectivity index (χ2v) is 4.92. The highest BCUT2D eigenvalue weighted by Gasteiger charge is 2.10. The molecule has 0 bridgehead atoms. The largest absolute Gasteiger partial charge is 0.484 e. The fraction of sp³-hybridized carbons (Fsp3) is 0.467. The number of carbonyl (C=O) groups excluding carboxylic acids is 1. The van der Waals surface area contributed by atoms with Gasteiger partial charge in [0.2, 0.25) is 0 Å². The summed E-state index contributed by atoms with van der Waals surface area (Å²) in [6.07, 6.45) is 4.54. The van der Waals surface area contributed by atoms with Crippen LogP contribution < -0.4 is 10.1 Å². The second-order valence-electron chi connectivity index (χ2n) is 4.92. The van der Waals surface area contributed by atoms with E-state index in [-0.39, 0.29) is 25.5 Å². The van der Waals surface area contributed by atoms with Crippen LogP contribution >= 0.6 is 0 Å². The predicted octanol–water partition coefficient (Wildman–Crippen LogP) is 1.54. The number of rotatable bonds is 6. The molecule has 0 aromatic heterocycles. The van der Waals surface area contributed by atoms with Gasteiger partial charge in [-0.3, -0.25) is 9.59 Å². The van der Waals surface area contributed by atoms with Crippen molar-refractivity contribution in [1.29, 1.82) is 0 Å². The summed E-state index contributed by atoms with van der Waals surface area (Å²) in [6, 6.07) is 5.94. The summed E-state index contributed by atoms with van der Waals surface area (Å²) < 4.78 is 5.43. The number of carbonyl (C=O) groups is 2. The second kappa shape index (κ2) is 6.93. The third-order valence-electron chi connectivity index (χ3n) is 3.35. The van der Waals surface area contributed by atoms with Gasteiger partial charge in [0, 0.05) is 6.54 Å². The number of hydrogen-bond donors (Lipinski definition) is 2. The molecule has 0 saturated carbocycles. The van der Waals surface area contributed by atoms with E-state index in [1.807, 2.05) is 12.1 Å². The molecule has 0 atom stereocenters. The third kappa shape index (κ3) is 4.26. The number of ether oxygens (including phenoxy) is 1. The number of hydrogen-bond acceptors (Lipinski definition) is 3. The Balaban J connectivity index is 1.79. The van der Waals surface area contributed by atoms with Gasteiger partial charge in [-0.05, 0) is 48.9 Å². The molecule has 20 heavy (non-hydrogen) atoms. The highest BCUT2D eigenvalue weighted by atomic mass is 16.5. The average Bonchev–Trinajstić information content (AvgIpc) is 2.44. The molecule has 2 rings (SSSR count). The molecule has 0 spiro atoms. The van der Waals surface area contributed by atoms with Crippen LogP contribution in [0.2, 0.25) is 0 Å². The standard InChI is InChI=1S/C15H19NO4/c17-14(16-8-7-15(18)19)10-20-13-6-5-11-3-1-2-4-12(11)9-13/h5-6,9H,1-4,7-8,10H2,(H,16,17)(H,18,19). The van der Waals surface area contributed by atoms with E-state index in [2.05, 4.69) is 11.4 Å². The summed E-state index contributed by atoms with van der Waals surface area (Å²) in [6.45, 7) is 0.0418. The van der Waals surface area contributed by atoms with Gasteiger partial charge in [-0.2, -0.15) is 0 Å². The van der Waals surface area contributed by atoms with Gasteiger partial charge >= 0.3 is 5.97 Å². The van der Waals surface area contributed by atoms with Crippen molar-refractivity contribution in [2.45, 2.75) is 32.1 Å². The Hall–Kier alpha value is -2.04. The lowest BCUT2D eigenvalue weighted by molar-refractivity contribution is -0.137. The Kier molecular flexibility index (Phi) is 4.98. The van der Waals surface area contributed by atoms with Crippen molar-refractivity contribution in [2.75, 3.05) is 13.2 Å². The lowest BCUT2D eigenvalue weighted by atomic mass is 9.92. The molecule has 108 valence electrons. The molecule has 1 aromatic carbocycles. The van der Waals surface area contributed by atoms with E-state index in [0.717, 1.165) is 12.8 Å². The van der Waals surface area contributed by atoms with Gasteiger partial charge in [0.05, 0.1) is 6.42 Å². The van der Waals surface area contributed by atoms with Gasteiger partial charge in [-0.15, -0.1) is 0 Å². The Morgan fingerprint density at radius 2 is 1.95 bits per heavy atom. The van der Waals surface area contributed by atoms with E-state index >= 15 is 0 Å². The van der Waals surface area contributed by atoms with Crippen LogP contribution in [-0.2, 0) is 22.4 Å². The molecular formula is C15H19NO4. The Morgan fingerprint density at radius 1 is 1.20 bits per heavy atom. The number of aliphatic carboxylic acids is 1. The van der Waals surface area contributed by atoms with E-state index in [1.165, 1.54) is 24.0 Å². The van der Waals surface area contributed by atoms with E-state index in [4.69, 9.17) is 9.84 Å². The van der Waals surface area contributed by atoms with Crippen LogP contribution in [0.5, 0.6) is 5.75 Å². The molecule has 5 heteroatoms. The molecular weight excluding hydrogens is 258 g/mol.